The standard InChI is InChI=1S/C23H25ClN2O3S/c24-21-7-3-2-6-18(21)19-15-20(19)23(27)26-13-10-16-14-17(8-9-22(16)26)30(28,29)25-11-4-1-5-12-25/h2-3,6-9,14,19-20H,1,4-5,10-13,15H2. The summed E-state index contributed by atoms with van der Waals surface area (Å²) in [5.74, 6) is 0.243. The number of anilines is 1. The Morgan fingerprint density at radius 2 is 1.77 bits per heavy atom. The van der Waals surface area contributed by atoms with Crippen molar-refractivity contribution in [1.82, 2.24) is 4.31 Å². The summed E-state index contributed by atoms with van der Waals surface area (Å²) in [5.41, 5.74) is 2.83. The number of hydrogen-bond acceptors (Lipinski definition) is 3. The Labute approximate surface area is 182 Å². The van der Waals surface area contributed by atoms with Crippen molar-refractivity contribution in [2.24, 2.45) is 5.92 Å². The third kappa shape index (κ3) is 3.45. The Balaban J connectivity index is 1.34. The number of benzene rings is 2. The number of carbonyl (C=O) groups is 1. The summed E-state index contributed by atoms with van der Waals surface area (Å²) in [6.07, 6.45) is 4.42. The van der Waals surface area contributed by atoms with Gasteiger partial charge in [-0.2, -0.15) is 4.31 Å². The molecule has 0 spiro atoms. The van der Waals surface area contributed by atoms with Gasteiger partial charge in [0.15, 0.2) is 0 Å². The maximum Gasteiger partial charge on any atom is 0.243 e. The van der Waals surface area contributed by atoms with Crippen molar-refractivity contribution in [3.8, 4) is 0 Å². The van der Waals surface area contributed by atoms with E-state index in [1.807, 2.05) is 35.2 Å². The minimum Gasteiger partial charge on any atom is -0.312 e. The average molecular weight is 445 g/mol. The van der Waals surface area contributed by atoms with Crippen LogP contribution in [0.1, 0.15) is 42.7 Å². The van der Waals surface area contributed by atoms with Gasteiger partial charge in [-0.25, -0.2) is 8.42 Å². The molecule has 2 aliphatic heterocycles. The van der Waals surface area contributed by atoms with E-state index in [1.54, 1.807) is 16.4 Å². The van der Waals surface area contributed by atoms with Gasteiger partial charge in [-0.1, -0.05) is 36.2 Å². The molecule has 2 fully saturated rings. The molecule has 30 heavy (non-hydrogen) atoms. The van der Waals surface area contributed by atoms with E-state index in [9.17, 15) is 13.2 Å². The molecular formula is C23H25ClN2O3S. The molecule has 2 aromatic rings. The average Bonchev–Trinajstić information content (AvgIpc) is 3.44. The Kier molecular flexibility index (Phi) is 5.12. The fourth-order valence-corrected chi connectivity index (χ4v) is 6.65. The van der Waals surface area contributed by atoms with Crippen LogP contribution >= 0.6 is 11.6 Å². The number of rotatable bonds is 4. The lowest BCUT2D eigenvalue weighted by atomic mass is 10.1. The molecule has 1 saturated heterocycles. The van der Waals surface area contributed by atoms with E-state index < -0.39 is 10.0 Å². The SMILES string of the molecule is O=C(C1CC1c1ccccc1Cl)N1CCc2cc(S(=O)(=O)N3CCCCC3)ccc21. The second-order valence-corrected chi connectivity index (χ2v) is 10.8. The highest BCUT2D eigenvalue weighted by atomic mass is 35.5. The van der Waals surface area contributed by atoms with Crippen LogP contribution in [0.5, 0.6) is 0 Å². The molecule has 2 heterocycles. The Bertz CT molecular complexity index is 1100. The number of halogens is 1. The molecule has 0 radical (unpaired) electrons. The predicted molar refractivity (Wildman–Crippen MR) is 117 cm³/mol. The van der Waals surface area contributed by atoms with Crippen molar-refractivity contribution in [2.75, 3.05) is 24.5 Å². The summed E-state index contributed by atoms with van der Waals surface area (Å²) in [5, 5.41) is 0.715. The van der Waals surface area contributed by atoms with Crippen LogP contribution in [0.4, 0.5) is 5.69 Å². The summed E-state index contributed by atoms with van der Waals surface area (Å²) < 4.78 is 27.6. The number of nitrogens with zero attached hydrogens (tertiary/aromatic N) is 2. The summed E-state index contributed by atoms with van der Waals surface area (Å²) in [7, 11) is -3.46. The molecule has 1 aliphatic carbocycles. The maximum atomic E-state index is 13.2. The molecule has 158 valence electrons. The molecule has 1 saturated carbocycles. The van der Waals surface area contributed by atoms with Gasteiger partial charge in [-0.3, -0.25) is 4.79 Å². The second-order valence-electron chi connectivity index (χ2n) is 8.47. The number of fused-ring (bicyclic) bond motifs is 1. The van der Waals surface area contributed by atoms with Crippen LogP contribution in [-0.4, -0.2) is 38.3 Å². The van der Waals surface area contributed by atoms with E-state index in [1.165, 1.54) is 0 Å². The van der Waals surface area contributed by atoms with Gasteiger partial charge < -0.3 is 4.90 Å². The lowest BCUT2D eigenvalue weighted by Gasteiger charge is -2.26. The molecule has 2 atom stereocenters. The molecule has 1 amide bonds. The molecule has 0 bridgehead atoms. The highest BCUT2D eigenvalue weighted by molar-refractivity contribution is 7.89. The van der Waals surface area contributed by atoms with Crippen LogP contribution in [0.2, 0.25) is 5.02 Å². The van der Waals surface area contributed by atoms with Gasteiger partial charge in [0.1, 0.15) is 0 Å². The predicted octanol–water partition coefficient (Wildman–Crippen LogP) is 4.21. The molecule has 3 aliphatic rings. The summed E-state index contributed by atoms with van der Waals surface area (Å²) in [6, 6.07) is 13.0. The van der Waals surface area contributed by atoms with Gasteiger partial charge >= 0.3 is 0 Å². The first-order valence-corrected chi connectivity index (χ1v) is 12.5. The lowest BCUT2D eigenvalue weighted by molar-refractivity contribution is -0.119. The number of hydrogen-bond donors (Lipinski definition) is 0. The van der Waals surface area contributed by atoms with E-state index in [0.717, 1.165) is 42.5 Å². The third-order valence-electron chi connectivity index (χ3n) is 6.58. The van der Waals surface area contributed by atoms with Crippen LogP contribution in [0.25, 0.3) is 0 Å². The van der Waals surface area contributed by atoms with Crippen molar-refractivity contribution in [1.29, 1.82) is 0 Å². The second kappa shape index (κ2) is 7.66. The van der Waals surface area contributed by atoms with Crippen LogP contribution in [0.3, 0.4) is 0 Å². The van der Waals surface area contributed by atoms with Gasteiger partial charge in [0.05, 0.1) is 4.90 Å². The minimum atomic E-state index is -3.46. The number of carbonyl (C=O) groups excluding carboxylic acids is 1. The lowest BCUT2D eigenvalue weighted by Crippen LogP contribution is -2.35. The van der Waals surface area contributed by atoms with Gasteiger partial charge in [0.2, 0.25) is 15.9 Å². The van der Waals surface area contributed by atoms with Crippen LogP contribution in [0, 0.1) is 5.92 Å². The topological polar surface area (TPSA) is 57.7 Å². The molecule has 5 nitrogen and oxygen atoms in total. The van der Waals surface area contributed by atoms with E-state index >= 15 is 0 Å². The normalized spacial score (nSPS) is 24.0. The molecule has 2 aromatic carbocycles. The zero-order valence-corrected chi connectivity index (χ0v) is 18.3. The first kappa shape index (κ1) is 20.0. The highest BCUT2D eigenvalue weighted by Gasteiger charge is 2.47. The van der Waals surface area contributed by atoms with Crippen LogP contribution in [0.15, 0.2) is 47.4 Å². The van der Waals surface area contributed by atoms with E-state index in [4.69, 9.17) is 11.6 Å². The zero-order valence-electron chi connectivity index (χ0n) is 16.8. The van der Waals surface area contributed by atoms with Crippen molar-refractivity contribution in [3.63, 3.8) is 0 Å². The van der Waals surface area contributed by atoms with Gasteiger partial charge in [-0.15, -0.1) is 0 Å². The smallest absolute Gasteiger partial charge is 0.243 e. The minimum absolute atomic E-state index is 0.0485. The molecular weight excluding hydrogens is 420 g/mol. The first-order valence-electron chi connectivity index (χ1n) is 10.7. The summed E-state index contributed by atoms with van der Waals surface area (Å²) >= 11 is 6.31. The maximum absolute atomic E-state index is 13.2. The van der Waals surface area contributed by atoms with E-state index in [0.29, 0.717) is 36.0 Å². The number of sulfonamides is 1. The van der Waals surface area contributed by atoms with Crippen molar-refractivity contribution >= 4 is 33.2 Å². The Morgan fingerprint density at radius 1 is 1.00 bits per heavy atom. The quantitative estimate of drug-likeness (QED) is 0.709. The number of amides is 1. The van der Waals surface area contributed by atoms with Crippen molar-refractivity contribution in [3.05, 3.63) is 58.6 Å². The largest absolute Gasteiger partial charge is 0.312 e. The van der Waals surface area contributed by atoms with Crippen LogP contribution < -0.4 is 4.90 Å². The van der Waals surface area contributed by atoms with Crippen molar-refractivity contribution in [2.45, 2.75) is 42.9 Å². The molecule has 5 rings (SSSR count). The highest BCUT2D eigenvalue weighted by Crippen LogP contribution is 2.51. The Hall–Kier alpha value is -1.89. The van der Waals surface area contributed by atoms with Crippen LogP contribution in [-0.2, 0) is 21.2 Å². The third-order valence-corrected chi connectivity index (χ3v) is 8.82. The fourth-order valence-electron chi connectivity index (χ4n) is 4.81. The molecule has 0 N–H and O–H groups in total. The van der Waals surface area contributed by atoms with Gasteiger partial charge in [-0.05, 0) is 67.0 Å². The van der Waals surface area contributed by atoms with Gasteiger partial charge in [0, 0.05) is 36.3 Å². The molecule has 0 aromatic heterocycles. The molecule has 7 heteroatoms. The van der Waals surface area contributed by atoms with E-state index in [2.05, 4.69) is 0 Å². The number of piperidine rings is 1. The zero-order chi connectivity index (χ0) is 20.9. The van der Waals surface area contributed by atoms with Crippen molar-refractivity contribution < 1.29 is 13.2 Å². The molecule has 2 unspecified atom stereocenters. The summed E-state index contributed by atoms with van der Waals surface area (Å²) in [6.45, 7) is 1.79. The first-order chi connectivity index (χ1) is 14.5. The monoisotopic (exact) mass is 444 g/mol. The Morgan fingerprint density at radius 3 is 2.53 bits per heavy atom. The van der Waals surface area contributed by atoms with E-state index in [-0.39, 0.29) is 17.7 Å². The summed E-state index contributed by atoms with van der Waals surface area (Å²) in [4.78, 5) is 15.3. The van der Waals surface area contributed by atoms with Gasteiger partial charge in [0.25, 0.3) is 0 Å². The fraction of sp³-hybridized carbons (Fsp3) is 0.435.